The second-order valence-electron chi connectivity index (χ2n) is 10.6. The summed E-state index contributed by atoms with van der Waals surface area (Å²) in [5.41, 5.74) is 1.53. The van der Waals surface area contributed by atoms with E-state index in [0.29, 0.717) is 22.4 Å². The molecule has 1 aliphatic heterocycles. The Hall–Kier alpha value is -4.74. The van der Waals surface area contributed by atoms with Crippen LogP contribution in [0.4, 0.5) is 14.5 Å². The second kappa shape index (κ2) is 12.0. The van der Waals surface area contributed by atoms with E-state index in [-0.39, 0.29) is 24.3 Å². The molecule has 2 aliphatic rings. The molecule has 218 valence electrons. The predicted molar refractivity (Wildman–Crippen MR) is 150 cm³/mol. The summed E-state index contributed by atoms with van der Waals surface area (Å²) in [5.74, 6) is -1.87. The van der Waals surface area contributed by atoms with Crippen LogP contribution in [-0.4, -0.2) is 57.8 Å². The number of rotatable bonds is 9. The van der Waals surface area contributed by atoms with Crippen molar-refractivity contribution in [2.45, 2.75) is 44.4 Å². The lowest BCUT2D eigenvalue weighted by atomic mass is 9.99. The molecule has 1 saturated heterocycles. The smallest absolute Gasteiger partial charge is 0.270 e. The van der Waals surface area contributed by atoms with Crippen LogP contribution in [0.15, 0.2) is 54.6 Å². The molecule has 1 aliphatic carbocycles. The Morgan fingerprint density at radius 3 is 2.69 bits per heavy atom. The van der Waals surface area contributed by atoms with E-state index in [0.717, 1.165) is 23.3 Å². The number of fused-ring (bicyclic) bond motifs is 1. The van der Waals surface area contributed by atoms with Crippen molar-refractivity contribution in [3.05, 3.63) is 87.4 Å². The number of nitrogens with one attached hydrogen (secondary N) is 2. The SMILES string of the molecule is C[C@H](NC(=O)C1C[C@@H](F)CN1C(=O)CNC(=O)c1ccc2cc(F)ccc2n1)c1cc([N+](=O)[O-])ccc1/C=C/C1CC1. The van der Waals surface area contributed by atoms with Crippen molar-refractivity contribution in [2.24, 2.45) is 5.92 Å². The average molecular weight is 578 g/mol. The minimum Gasteiger partial charge on any atom is -0.348 e. The van der Waals surface area contributed by atoms with Crippen molar-refractivity contribution >= 4 is 40.4 Å². The predicted octanol–water partition coefficient (Wildman–Crippen LogP) is 4.25. The van der Waals surface area contributed by atoms with Crippen LogP contribution in [0.3, 0.4) is 0 Å². The summed E-state index contributed by atoms with van der Waals surface area (Å²) < 4.78 is 27.9. The first-order valence-electron chi connectivity index (χ1n) is 13.6. The number of nitro benzene ring substituents is 1. The van der Waals surface area contributed by atoms with Crippen LogP contribution in [0, 0.1) is 21.8 Å². The molecule has 1 unspecified atom stereocenters. The van der Waals surface area contributed by atoms with Gasteiger partial charge in [0.15, 0.2) is 0 Å². The van der Waals surface area contributed by atoms with Crippen molar-refractivity contribution in [1.82, 2.24) is 20.5 Å². The topological polar surface area (TPSA) is 135 Å². The molecular formula is C30H29F2N5O5. The number of amides is 3. The molecule has 3 aromatic rings. The number of benzene rings is 2. The second-order valence-corrected chi connectivity index (χ2v) is 10.6. The third-order valence-electron chi connectivity index (χ3n) is 7.43. The highest BCUT2D eigenvalue weighted by molar-refractivity contribution is 5.97. The molecule has 3 amide bonds. The van der Waals surface area contributed by atoms with Crippen LogP contribution >= 0.6 is 0 Å². The van der Waals surface area contributed by atoms with E-state index in [1.54, 1.807) is 13.0 Å². The molecule has 5 rings (SSSR count). The summed E-state index contributed by atoms with van der Waals surface area (Å²) >= 11 is 0. The number of carbonyl (C=O) groups is 3. The van der Waals surface area contributed by atoms with Crippen molar-refractivity contribution in [3.8, 4) is 0 Å². The molecule has 2 N–H and O–H groups in total. The Kier molecular flexibility index (Phi) is 8.23. The van der Waals surface area contributed by atoms with Gasteiger partial charge in [0, 0.05) is 23.9 Å². The molecule has 42 heavy (non-hydrogen) atoms. The Morgan fingerprint density at radius 2 is 1.95 bits per heavy atom. The number of hydrogen-bond acceptors (Lipinski definition) is 6. The Morgan fingerprint density at radius 1 is 1.17 bits per heavy atom. The number of hydrogen-bond donors (Lipinski definition) is 2. The molecule has 0 radical (unpaired) electrons. The Labute approximate surface area is 239 Å². The molecule has 0 bridgehead atoms. The van der Waals surface area contributed by atoms with Gasteiger partial charge >= 0.3 is 0 Å². The van der Waals surface area contributed by atoms with Gasteiger partial charge in [-0.25, -0.2) is 13.8 Å². The summed E-state index contributed by atoms with van der Waals surface area (Å²) in [4.78, 5) is 55.0. The number of likely N-dealkylation sites (tertiary alicyclic amines) is 1. The summed E-state index contributed by atoms with van der Waals surface area (Å²) in [6.45, 7) is 0.868. The minimum absolute atomic E-state index is 0.0123. The highest BCUT2D eigenvalue weighted by Gasteiger charge is 2.40. The zero-order valence-corrected chi connectivity index (χ0v) is 22.8. The van der Waals surface area contributed by atoms with E-state index in [9.17, 15) is 33.3 Å². The van der Waals surface area contributed by atoms with Crippen LogP contribution < -0.4 is 10.6 Å². The fraction of sp³-hybridized carbons (Fsp3) is 0.333. The molecule has 2 aromatic carbocycles. The highest BCUT2D eigenvalue weighted by Crippen LogP contribution is 2.32. The number of allylic oxidation sites excluding steroid dienone is 1. The number of nitro groups is 1. The van der Waals surface area contributed by atoms with Gasteiger partial charge < -0.3 is 15.5 Å². The molecule has 3 atom stereocenters. The van der Waals surface area contributed by atoms with E-state index < -0.39 is 53.3 Å². The number of alkyl halides is 1. The molecule has 12 heteroatoms. The van der Waals surface area contributed by atoms with Crippen molar-refractivity contribution in [2.75, 3.05) is 13.1 Å². The fourth-order valence-electron chi connectivity index (χ4n) is 5.00. The Balaban J connectivity index is 1.24. The maximum Gasteiger partial charge on any atom is 0.270 e. The molecule has 1 aromatic heterocycles. The summed E-state index contributed by atoms with van der Waals surface area (Å²) in [5, 5.41) is 17.1. The quantitative estimate of drug-likeness (QED) is 0.288. The first kappa shape index (κ1) is 28.8. The lowest BCUT2D eigenvalue weighted by Crippen LogP contribution is -2.49. The number of halogens is 2. The van der Waals surface area contributed by atoms with E-state index in [4.69, 9.17) is 0 Å². The van der Waals surface area contributed by atoms with E-state index in [2.05, 4.69) is 15.6 Å². The maximum absolute atomic E-state index is 14.5. The summed E-state index contributed by atoms with van der Waals surface area (Å²) in [7, 11) is 0. The van der Waals surface area contributed by atoms with Gasteiger partial charge in [-0.15, -0.1) is 0 Å². The number of pyridine rings is 1. The zero-order valence-electron chi connectivity index (χ0n) is 22.8. The first-order valence-corrected chi connectivity index (χ1v) is 13.6. The lowest BCUT2D eigenvalue weighted by Gasteiger charge is -2.26. The van der Waals surface area contributed by atoms with Gasteiger partial charge in [-0.1, -0.05) is 18.2 Å². The summed E-state index contributed by atoms with van der Waals surface area (Å²) in [6.07, 6.45) is 4.43. The number of aromatic nitrogens is 1. The van der Waals surface area contributed by atoms with Crippen LogP contribution in [-0.2, 0) is 9.59 Å². The van der Waals surface area contributed by atoms with Gasteiger partial charge in [0.25, 0.3) is 11.6 Å². The molecular weight excluding hydrogens is 548 g/mol. The van der Waals surface area contributed by atoms with Crippen LogP contribution in [0.5, 0.6) is 0 Å². The number of nitrogens with zero attached hydrogens (tertiary/aromatic N) is 3. The van der Waals surface area contributed by atoms with Crippen molar-refractivity contribution < 1.29 is 28.1 Å². The average Bonchev–Trinajstić information content (AvgIpc) is 3.72. The largest absolute Gasteiger partial charge is 0.348 e. The molecule has 2 fully saturated rings. The third kappa shape index (κ3) is 6.59. The zero-order chi connectivity index (χ0) is 30.0. The molecule has 1 saturated carbocycles. The lowest BCUT2D eigenvalue weighted by molar-refractivity contribution is -0.384. The van der Waals surface area contributed by atoms with Crippen LogP contribution in [0.2, 0.25) is 0 Å². The number of carbonyl (C=O) groups excluding carboxylic acids is 3. The van der Waals surface area contributed by atoms with E-state index in [1.807, 2.05) is 12.2 Å². The maximum atomic E-state index is 14.5. The number of non-ortho nitro benzene ring substituents is 1. The van der Waals surface area contributed by atoms with Gasteiger partial charge in [-0.3, -0.25) is 24.5 Å². The van der Waals surface area contributed by atoms with E-state index in [1.165, 1.54) is 42.5 Å². The normalized spacial score (nSPS) is 19.2. The molecule has 2 heterocycles. The molecule has 0 spiro atoms. The van der Waals surface area contributed by atoms with Gasteiger partial charge in [-0.05, 0) is 67.1 Å². The Bertz CT molecular complexity index is 1590. The third-order valence-corrected chi connectivity index (χ3v) is 7.43. The van der Waals surface area contributed by atoms with Gasteiger partial charge in [0.1, 0.15) is 23.7 Å². The van der Waals surface area contributed by atoms with Crippen molar-refractivity contribution in [3.63, 3.8) is 0 Å². The highest BCUT2D eigenvalue weighted by atomic mass is 19.1. The summed E-state index contributed by atoms with van der Waals surface area (Å²) in [6, 6.07) is 9.51. The standard InChI is InChI=1S/C30H29F2N5O5/c1-17(24-14-23(37(41)42)9-6-19(24)5-4-18-2-3-18)34-30(40)27-13-22(32)16-36(27)28(38)15-33-29(39)26-10-7-20-12-21(31)8-11-25(20)35-26/h4-12,14,17-18,22,27H,2-3,13,15-16H2,1H3,(H,33,39)(H,34,40)/b5-4+/t17-,22+,27?/m0/s1. The minimum atomic E-state index is -1.44. The first-order chi connectivity index (χ1) is 20.1. The van der Waals surface area contributed by atoms with Gasteiger partial charge in [0.2, 0.25) is 11.8 Å². The monoisotopic (exact) mass is 577 g/mol. The van der Waals surface area contributed by atoms with E-state index >= 15 is 0 Å². The van der Waals surface area contributed by atoms with Crippen LogP contribution in [0.25, 0.3) is 17.0 Å². The fourth-order valence-corrected chi connectivity index (χ4v) is 5.00. The molecule has 10 nitrogen and oxygen atoms in total. The van der Waals surface area contributed by atoms with Crippen molar-refractivity contribution in [1.29, 1.82) is 0 Å². The van der Waals surface area contributed by atoms with Gasteiger partial charge in [-0.2, -0.15) is 0 Å². The van der Waals surface area contributed by atoms with Gasteiger partial charge in [0.05, 0.1) is 29.6 Å². The van der Waals surface area contributed by atoms with Crippen LogP contribution in [0.1, 0.15) is 53.8 Å².